The second-order valence-electron chi connectivity index (χ2n) is 7.58. The molecule has 0 spiro atoms. The average Bonchev–Trinajstić information content (AvgIpc) is 3.07. The number of fused-ring (bicyclic) bond motifs is 1. The van der Waals surface area contributed by atoms with Crippen LogP contribution in [0.1, 0.15) is 31.2 Å². The first kappa shape index (κ1) is 16.3. The van der Waals surface area contributed by atoms with Gasteiger partial charge in [-0.2, -0.15) is 0 Å². The number of nitrogens with zero attached hydrogens (tertiary/aromatic N) is 2. The second kappa shape index (κ2) is 6.52. The Hall–Kier alpha value is -1.55. The van der Waals surface area contributed by atoms with Crippen LogP contribution in [-0.4, -0.2) is 54.0 Å². The fraction of sp³-hybridized carbons (Fsp3) is 0.632. The first-order valence-corrected chi connectivity index (χ1v) is 8.64. The Balaban J connectivity index is 1.54. The van der Waals surface area contributed by atoms with E-state index in [0.717, 1.165) is 36.3 Å². The molecule has 0 radical (unpaired) electrons. The van der Waals surface area contributed by atoms with Crippen LogP contribution in [0, 0.1) is 11.8 Å². The van der Waals surface area contributed by atoms with E-state index in [4.69, 9.17) is 0 Å². The van der Waals surface area contributed by atoms with Gasteiger partial charge in [-0.15, -0.1) is 0 Å². The number of amides is 1. The average molecular weight is 316 g/mol. The van der Waals surface area contributed by atoms with Crippen molar-refractivity contribution in [2.24, 2.45) is 11.8 Å². The molecule has 2 unspecified atom stereocenters. The minimum atomic E-state index is 0.185. The van der Waals surface area contributed by atoms with Crippen molar-refractivity contribution in [3.63, 3.8) is 0 Å². The highest BCUT2D eigenvalue weighted by Crippen LogP contribution is 2.46. The van der Waals surface area contributed by atoms with Gasteiger partial charge in [0.2, 0.25) is 5.91 Å². The topological polar surface area (TPSA) is 43.8 Å². The number of likely N-dealkylation sites (N-methyl/N-ethyl adjacent to an activating group) is 1. The van der Waals surface area contributed by atoms with Crippen LogP contribution in [0.25, 0.3) is 0 Å². The van der Waals surface area contributed by atoms with Gasteiger partial charge in [-0.1, -0.05) is 12.1 Å². The molecule has 0 saturated heterocycles. The van der Waals surface area contributed by atoms with Crippen molar-refractivity contribution in [3.05, 3.63) is 29.8 Å². The molecule has 1 aromatic carbocycles. The summed E-state index contributed by atoms with van der Waals surface area (Å²) < 4.78 is 0. The molecular formula is C19H28N2O2. The molecule has 0 aliphatic heterocycles. The summed E-state index contributed by atoms with van der Waals surface area (Å²) in [5, 5.41) is 9.33. The van der Waals surface area contributed by atoms with Crippen LogP contribution in [0.4, 0.5) is 0 Å². The maximum atomic E-state index is 12.5. The summed E-state index contributed by atoms with van der Waals surface area (Å²) >= 11 is 0. The Morgan fingerprint density at radius 2 is 1.52 bits per heavy atom. The van der Waals surface area contributed by atoms with Crippen molar-refractivity contribution in [2.45, 2.75) is 44.2 Å². The Kier molecular flexibility index (Phi) is 4.62. The Morgan fingerprint density at radius 3 is 2.04 bits per heavy atom. The van der Waals surface area contributed by atoms with Crippen LogP contribution in [0.5, 0.6) is 5.75 Å². The lowest BCUT2D eigenvalue weighted by Crippen LogP contribution is -2.37. The lowest BCUT2D eigenvalue weighted by atomic mass is 10.0. The summed E-state index contributed by atoms with van der Waals surface area (Å²) in [5.41, 5.74) is 0.963. The van der Waals surface area contributed by atoms with Gasteiger partial charge in [-0.05, 0) is 69.3 Å². The zero-order chi connectivity index (χ0) is 16.6. The number of rotatable bonds is 4. The molecule has 2 aliphatic rings. The summed E-state index contributed by atoms with van der Waals surface area (Å²) in [6.07, 6.45) is 5.31. The van der Waals surface area contributed by atoms with Crippen LogP contribution in [0.3, 0.4) is 0 Å². The molecule has 2 saturated carbocycles. The fourth-order valence-corrected chi connectivity index (χ4v) is 4.41. The summed E-state index contributed by atoms with van der Waals surface area (Å²) in [6, 6.07) is 8.06. The van der Waals surface area contributed by atoms with E-state index in [9.17, 15) is 9.90 Å². The molecule has 0 heterocycles. The van der Waals surface area contributed by atoms with Crippen LogP contribution in [0.15, 0.2) is 24.3 Å². The molecule has 1 N–H and O–H groups in total. The summed E-state index contributed by atoms with van der Waals surface area (Å²) in [6.45, 7) is 0. The summed E-state index contributed by atoms with van der Waals surface area (Å²) in [4.78, 5) is 16.9. The lowest BCUT2D eigenvalue weighted by molar-refractivity contribution is -0.131. The van der Waals surface area contributed by atoms with Crippen molar-refractivity contribution in [1.29, 1.82) is 0 Å². The molecule has 1 amide bonds. The monoisotopic (exact) mass is 316 g/mol. The van der Waals surface area contributed by atoms with Crippen LogP contribution < -0.4 is 0 Å². The van der Waals surface area contributed by atoms with E-state index >= 15 is 0 Å². The highest BCUT2D eigenvalue weighted by atomic mass is 16.3. The van der Waals surface area contributed by atoms with Gasteiger partial charge in [-0.3, -0.25) is 4.79 Å². The van der Waals surface area contributed by atoms with Gasteiger partial charge in [0, 0.05) is 19.1 Å². The van der Waals surface area contributed by atoms with E-state index in [2.05, 4.69) is 19.0 Å². The molecule has 4 heteroatoms. The standard InChI is InChI=1S/C19H28N2O2/c1-20(2)16-9-14-11-17(12-15(14)10-16)21(3)19(23)8-13-4-6-18(22)7-5-13/h4-7,14-17,22H,8-12H2,1-3H3/t14-,15+,16?,17?. The van der Waals surface area contributed by atoms with Gasteiger partial charge in [-0.25, -0.2) is 0 Å². The molecule has 4 atom stereocenters. The van der Waals surface area contributed by atoms with Crippen molar-refractivity contribution in [1.82, 2.24) is 9.80 Å². The molecular weight excluding hydrogens is 288 g/mol. The molecule has 1 aromatic rings. The number of benzene rings is 1. The molecule has 23 heavy (non-hydrogen) atoms. The van der Waals surface area contributed by atoms with E-state index in [1.807, 2.05) is 24.1 Å². The third-order valence-electron chi connectivity index (χ3n) is 5.93. The van der Waals surface area contributed by atoms with E-state index < -0.39 is 0 Å². The minimum Gasteiger partial charge on any atom is -0.508 e. The van der Waals surface area contributed by atoms with Gasteiger partial charge in [0.1, 0.15) is 5.75 Å². The SMILES string of the molecule is CN(C)C1C[C@@H]2CC(N(C)C(=O)Cc3ccc(O)cc3)C[C@@H]2C1. The van der Waals surface area contributed by atoms with E-state index in [-0.39, 0.29) is 11.7 Å². The number of aromatic hydroxyl groups is 1. The smallest absolute Gasteiger partial charge is 0.226 e. The zero-order valence-electron chi connectivity index (χ0n) is 14.4. The van der Waals surface area contributed by atoms with E-state index in [1.54, 1.807) is 12.1 Å². The van der Waals surface area contributed by atoms with Gasteiger partial charge in [0.15, 0.2) is 0 Å². The number of hydrogen-bond acceptors (Lipinski definition) is 3. The molecule has 0 bridgehead atoms. The number of hydrogen-bond donors (Lipinski definition) is 1. The lowest BCUT2D eigenvalue weighted by Gasteiger charge is -2.27. The maximum Gasteiger partial charge on any atom is 0.226 e. The van der Waals surface area contributed by atoms with Crippen molar-refractivity contribution >= 4 is 5.91 Å². The third-order valence-corrected chi connectivity index (χ3v) is 5.93. The second-order valence-corrected chi connectivity index (χ2v) is 7.58. The van der Waals surface area contributed by atoms with Gasteiger partial charge in [0.05, 0.1) is 6.42 Å². The maximum absolute atomic E-state index is 12.5. The first-order valence-electron chi connectivity index (χ1n) is 8.64. The molecule has 2 fully saturated rings. The Bertz CT molecular complexity index is 541. The normalized spacial score (nSPS) is 29.7. The Labute approximate surface area is 139 Å². The first-order chi connectivity index (χ1) is 10.9. The summed E-state index contributed by atoms with van der Waals surface area (Å²) in [7, 11) is 6.31. The van der Waals surface area contributed by atoms with Crippen LogP contribution >= 0.6 is 0 Å². The molecule has 3 rings (SSSR count). The Morgan fingerprint density at radius 1 is 1.00 bits per heavy atom. The van der Waals surface area contributed by atoms with Crippen LogP contribution in [-0.2, 0) is 11.2 Å². The number of phenols is 1. The molecule has 4 nitrogen and oxygen atoms in total. The zero-order valence-corrected chi connectivity index (χ0v) is 14.4. The number of phenolic OH excluding ortho intramolecular Hbond substituents is 1. The quantitative estimate of drug-likeness (QED) is 0.928. The predicted octanol–water partition coefficient (Wildman–Crippen LogP) is 2.51. The highest BCUT2D eigenvalue weighted by molar-refractivity contribution is 5.78. The van der Waals surface area contributed by atoms with Crippen molar-refractivity contribution < 1.29 is 9.90 Å². The van der Waals surface area contributed by atoms with Crippen molar-refractivity contribution in [3.8, 4) is 5.75 Å². The highest BCUT2D eigenvalue weighted by Gasteiger charge is 2.43. The molecule has 2 aliphatic carbocycles. The number of carbonyl (C=O) groups is 1. The minimum absolute atomic E-state index is 0.185. The largest absolute Gasteiger partial charge is 0.508 e. The fourth-order valence-electron chi connectivity index (χ4n) is 4.41. The summed E-state index contributed by atoms with van der Waals surface area (Å²) in [5.74, 6) is 2.01. The molecule has 0 aromatic heterocycles. The van der Waals surface area contributed by atoms with Gasteiger partial charge in [0.25, 0.3) is 0 Å². The van der Waals surface area contributed by atoms with E-state index in [1.165, 1.54) is 12.8 Å². The molecule has 126 valence electrons. The van der Waals surface area contributed by atoms with Crippen molar-refractivity contribution in [2.75, 3.05) is 21.1 Å². The predicted molar refractivity (Wildman–Crippen MR) is 91.3 cm³/mol. The van der Waals surface area contributed by atoms with Gasteiger partial charge < -0.3 is 14.9 Å². The number of carbonyl (C=O) groups excluding carboxylic acids is 1. The van der Waals surface area contributed by atoms with Gasteiger partial charge >= 0.3 is 0 Å². The third kappa shape index (κ3) is 3.52. The van der Waals surface area contributed by atoms with E-state index in [0.29, 0.717) is 12.5 Å². The van der Waals surface area contributed by atoms with Crippen LogP contribution in [0.2, 0.25) is 0 Å².